The molecule has 104 valence electrons. The van der Waals surface area contributed by atoms with Crippen LogP contribution < -0.4 is 5.32 Å². The second-order valence-corrected chi connectivity index (χ2v) is 6.57. The molecule has 20 heavy (non-hydrogen) atoms. The van der Waals surface area contributed by atoms with Crippen LogP contribution in [0, 0.1) is 6.92 Å². The third-order valence-electron chi connectivity index (χ3n) is 4.00. The van der Waals surface area contributed by atoms with Crippen molar-refractivity contribution in [3.63, 3.8) is 0 Å². The lowest BCUT2D eigenvalue weighted by Gasteiger charge is -2.21. The van der Waals surface area contributed by atoms with Crippen LogP contribution in [0.4, 0.5) is 5.69 Å². The van der Waals surface area contributed by atoms with Gasteiger partial charge in [-0.2, -0.15) is 0 Å². The molecule has 2 heteroatoms. The van der Waals surface area contributed by atoms with Gasteiger partial charge in [-0.3, -0.25) is 0 Å². The van der Waals surface area contributed by atoms with Crippen LogP contribution in [0.2, 0.25) is 0 Å². The summed E-state index contributed by atoms with van der Waals surface area (Å²) in [5.74, 6) is 0. The number of anilines is 1. The van der Waals surface area contributed by atoms with Gasteiger partial charge in [-0.05, 0) is 61.1 Å². The van der Waals surface area contributed by atoms with Gasteiger partial charge in [-0.15, -0.1) is 0 Å². The zero-order valence-corrected chi connectivity index (χ0v) is 13.4. The van der Waals surface area contributed by atoms with Crippen molar-refractivity contribution in [1.82, 2.24) is 0 Å². The van der Waals surface area contributed by atoms with Crippen molar-refractivity contribution in [3.8, 4) is 0 Å². The molecular weight excluding hydrogens is 310 g/mol. The number of rotatable bonds is 2. The molecule has 1 aliphatic rings. The van der Waals surface area contributed by atoms with E-state index in [4.69, 9.17) is 0 Å². The van der Waals surface area contributed by atoms with Crippen LogP contribution in [-0.2, 0) is 6.42 Å². The quantitative estimate of drug-likeness (QED) is 0.703. The Morgan fingerprint density at radius 2 is 1.95 bits per heavy atom. The van der Waals surface area contributed by atoms with Gasteiger partial charge in [-0.25, -0.2) is 0 Å². The van der Waals surface area contributed by atoms with Crippen molar-refractivity contribution in [2.45, 2.75) is 38.6 Å². The van der Waals surface area contributed by atoms with Crippen molar-refractivity contribution < 1.29 is 0 Å². The van der Waals surface area contributed by atoms with Gasteiger partial charge >= 0.3 is 0 Å². The van der Waals surface area contributed by atoms with E-state index < -0.39 is 0 Å². The second-order valence-electron chi connectivity index (χ2n) is 5.66. The molecule has 3 rings (SSSR count). The first kappa shape index (κ1) is 13.7. The van der Waals surface area contributed by atoms with E-state index in [0.717, 1.165) is 4.47 Å². The molecule has 1 nitrogen and oxygen atoms in total. The van der Waals surface area contributed by atoms with Gasteiger partial charge in [0.05, 0.1) is 6.04 Å². The van der Waals surface area contributed by atoms with Crippen LogP contribution in [0.1, 0.15) is 42.0 Å². The van der Waals surface area contributed by atoms with E-state index in [0.29, 0.717) is 6.04 Å². The molecule has 0 fully saturated rings. The molecule has 1 N–H and O–H groups in total. The van der Waals surface area contributed by atoms with Crippen molar-refractivity contribution in [1.29, 1.82) is 0 Å². The van der Waals surface area contributed by atoms with Crippen LogP contribution in [0.15, 0.2) is 46.9 Å². The average Bonchev–Trinajstić information content (AvgIpc) is 2.61. The monoisotopic (exact) mass is 329 g/mol. The minimum atomic E-state index is 0.433. The topological polar surface area (TPSA) is 12.0 Å². The van der Waals surface area contributed by atoms with E-state index in [1.807, 2.05) is 0 Å². The molecule has 0 saturated carbocycles. The minimum absolute atomic E-state index is 0.433. The Morgan fingerprint density at radius 1 is 1.10 bits per heavy atom. The third-order valence-corrected chi connectivity index (χ3v) is 4.46. The van der Waals surface area contributed by atoms with Crippen LogP contribution in [0.5, 0.6) is 0 Å². The lowest BCUT2D eigenvalue weighted by Crippen LogP contribution is -2.11. The Kier molecular flexibility index (Phi) is 4.11. The number of hydrogen-bond acceptors (Lipinski definition) is 1. The fourth-order valence-corrected chi connectivity index (χ4v) is 3.70. The lowest BCUT2D eigenvalue weighted by atomic mass is 9.99. The van der Waals surface area contributed by atoms with Gasteiger partial charge < -0.3 is 5.32 Å². The molecule has 1 atom stereocenters. The van der Waals surface area contributed by atoms with Crippen molar-refractivity contribution >= 4 is 21.6 Å². The first-order valence-electron chi connectivity index (χ1n) is 7.34. The highest BCUT2D eigenvalue weighted by Crippen LogP contribution is 2.32. The van der Waals surface area contributed by atoms with Gasteiger partial charge in [0, 0.05) is 10.2 Å². The predicted octanol–water partition coefficient (Wildman–Crippen LogP) is 5.64. The number of aryl methyl sites for hydroxylation is 2. The highest BCUT2D eigenvalue weighted by molar-refractivity contribution is 9.10. The molecule has 0 aliphatic heterocycles. The van der Waals surface area contributed by atoms with E-state index in [9.17, 15) is 0 Å². The van der Waals surface area contributed by atoms with Crippen molar-refractivity contribution in [3.05, 3.63) is 63.6 Å². The first-order valence-corrected chi connectivity index (χ1v) is 8.13. The van der Waals surface area contributed by atoms with Crippen LogP contribution >= 0.6 is 15.9 Å². The summed E-state index contributed by atoms with van der Waals surface area (Å²) in [5.41, 5.74) is 5.47. The molecular formula is C18H20BrN. The molecule has 0 saturated heterocycles. The fourth-order valence-electron chi connectivity index (χ4n) is 3.09. The van der Waals surface area contributed by atoms with Gasteiger partial charge in [-0.1, -0.05) is 46.6 Å². The van der Waals surface area contributed by atoms with Gasteiger partial charge in [0.1, 0.15) is 0 Å². The lowest BCUT2D eigenvalue weighted by molar-refractivity contribution is 0.644. The summed E-state index contributed by atoms with van der Waals surface area (Å²) >= 11 is 3.58. The van der Waals surface area contributed by atoms with E-state index in [1.54, 1.807) is 0 Å². The van der Waals surface area contributed by atoms with E-state index in [1.165, 1.54) is 48.1 Å². The van der Waals surface area contributed by atoms with Crippen LogP contribution in [-0.4, -0.2) is 0 Å². The number of hydrogen-bond donors (Lipinski definition) is 1. The maximum absolute atomic E-state index is 3.73. The fraction of sp³-hybridized carbons (Fsp3) is 0.333. The number of fused-ring (bicyclic) bond motifs is 1. The Bertz CT molecular complexity index is 586. The molecule has 0 aromatic heterocycles. The second kappa shape index (κ2) is 6.01. The van der Waals surface area contributed by atoms with Crippen molar-refractivity contribution in [2.24, 2.45) is 0 Å². The summed E-state index contributed by atoms with van der Waals surface area (Å²) in [6.07, 6.45) is 5.01. The van der Waals surface area contributed by atoms with Crippen LogP contribution in [0.3, 0.4) is 0 Å². The van der Waals surface area contributed by atoms with E-state index in [-0.39, 0.29) is 0 Å². The number of nitrogens with one attached hydrogen (secondary N) is 1. The molecule has 1 unspecified atom stereocenters. The minimum Gasteiger partial charge on any atom is -0.378 e. The predicted molar refractivity (Wildman–Crippen MR) is 89.2 cm³/mol. The van der Waals surface area contributed by atoms with E-state index in [2.05, 4.69) is 70.6 Å². The van der Waals surface area contributed by atoms with Gasteiger partial charge in [0.15, 0.2) is 0 Å². The first-order chi connectivity index (χ1) is 9.72. The van der Waals surface area contributed by atoms with Gasteiger partial charge in [0.2, 0.25) is 0 Å². The third kappa shape index (κ3) is 3.06. The molecule has 0 radical (unpaired) electrons. The zero-order chi connectivity index (χ0) is 13.9. The Balaban J connectivity index is 1.90. The Labute approximate surface area is 129 Å². The van der Waals surface area contributed by atoms with Crippen molar-refractivity contribution in [2.75, 3.05) is 5.32 Å². The standard InChI is InChI=1S/C18H20BrN/c1-13-10-15(19)12-16(11-13)20-18-9-5-3-7-14-6-2-4-8-17(14)18/h2,4,6,8,10-12,18,20H,3,5,7,9H2,1H3. The highest BCUT2D eigenvalue weighted by Gasteiger charge is 2.18. The molecule has 1 aliphatic carbocycles. The molecule has 0 amide bonds. The molecule has 0 spiro atoms. The summed E-state index contributed by atoms with van der Waals surface area (Å²) in [5, 5.41) is 3.73. The maximum Gasteiger partial charge on any atom is 0.0516 e. The van der Waals surface area contributed by atoms with E-state index >= 15 is 0 Å². The summed E-state index contributed by atoms with van der Waals surface area (Å²) < 4.78 is 1.14. The molecule has 0 bridgehead atoms. The molecule has 2 aromatic rings. The Morgan fingerprint density at radius 3 is 2.80 bits per heavy atom. The highest BCUT2D eigenvalue weighted by atomic mass is 79.9. The average molecular weight is 330 g/mol. The normalized spacial score (nSPS) is 18.2. The molecule has 2 aromatic carbocycles. The largest absolute Gasteiger partial charge is 0.378 e. The van der Waals surface area contributed by atoms with Gasteiger partial charge in [0.25, 0.3) is 0 Å². The summed E-state index contributed by atoms with van der Waals surface area (Å²) in [6.45, 7) is 2.14. The maximum atomic E-state index is 3.73. The number of halogens is 1. The number of benzene rings is 2. The summed E-state index contributed by atoms with van der Waals surface area (Å²) in [4.78, 5) is 0. The summed E-state index contributed by atoms with van der Waals surface area (Å²) in [6, 6.07) is 15.8. The molecule has 0 heterocycles. The zero-order valence-electron chi connectivity index (χ0n) is 11.8. The Hall–Kier alpha value is -1.28. The SMILES string of the molecule is Cc1cc(Br)cc(NC2CCCCc3ccccc32)c1. The van der Waals surface area contributed by atoms with Crippen LogP contribution in [0.25, 0.3) is 0 Å². The smallest absolute Gasteiger partial charge is 0.0516 e. The summed E-state index contributed by atoms with van der Waals surface area (Å²) in [7, 11) is 0.